The van der Waals surface area contributed by atoms with Gasteiger partial charge in [0.15, 0.2) is 0 Å². The number of nitrogens with one attached hydrogen (secondary N) is 1. The van der Waals surface area contributed by atoms with E-state index < -0.39 is 14.8 Å². The van der Waals surface area contributed by atoms with E-state index in [0.717, 1.165) is 5.56 Å². The molecule has 8 heteroatoms. The number of carbonyl (C=O) groups is 1. The van der Waals surface area contributed by atoms with Crippen molar-refractivity contribution < 1.29 is 18.1 Å². The molecule has 2 aromatic rings. The van der Waals surface area contributed by atoms with E-state index in [1.54, 1.807) is 12.1 Å². The first-order chi connectivity index (χ1) is 11.8. The molecule has 2 rings (SSSR count). The lowest BCUT2D eigenvalue weighted by Gasteiger charge is -2.13. The second kappa shape index (κ2) is 7.27. The summed E-state index contributed by atoms with van der Waals surface area (Å²) in [6.07, 6.45) is 0.288. The molecule has 2 aromatic carbocycles. The largest absolute Gasteiger partial charge is 0.319 e. The highest BCUT2D eigenvalue weighted by Crippen LogP contribution is 2.26. The topological polar surface area (TPSA) is 106 Å². The molecule has 0 aromatic heterocycles. The van der Waals surface area contributed by atoms with Crippen LogP contribution in [0.5, 0.6) is 0 Å². The van der Waals surface area contributed by atoms with Crippen molar-refractivity contribution in [2.45, 2.75) is 18.7 Å². The molecule has 0 atom stereocenters. The van der Waals surface area contributed by atoms with Crippen LogP contribution in [-0.4, -0.2) is 19.8 Å². The average Bonchev–Trinajstić information content (AvgIpc) is 2.59. The summed E-state index contributed by atoms with van der Waals surface area (Å²) < 4.78 is 25.7. The van der Waals surface area contributed by atoms with Crippen molar-refractivity contribution in [3.63, 3.8) is 0 Å². The Morgan fingerprint density at radius 1 is 1.08 bits per heavy atom. The third kappa shape index (κ3) is 3.92. The van der Waals surface area contributed by atoms with Gasteiger partial charge in [-0.2, -0.15) is 0 Å². The Kier molecular flexibility index (Phi) is 5.33. The number of nitrogens with zero attached hydrogens (tertiary/aromatic N) is 1. The first-order valence-corrected chi connectivity index (χ1v) is 8.73. The molecule has 0 saturated carbocycles. The second-order valence-electron chi connectivity index (χ2n) is 5.34. The minimum Gasteiger partial charge on any atom is -0.319 e. The minimum atomic E-state index is -3.95. The Bertz CT molecular complexity index is 930. The fourth-order valence-corrected chi connectivity index (χ4v) is 3.69. The number of rotatable bonds is 6. The summed E-state index contributed by atoms with van der Waals surface area (Å²) in [7, 11) is -3.95. The van der Waals surface area contributed by atoms with Crippen LogP contribution in [0.25, 0.3) is 5.57 Å². The molecule has 0 unspecified atom stereocenters. The van der Waals surface area contributed by atoms with Gasteiger partial charge in [0.25, 0.3) is 5.69 Å². The normalized spacial score (nSPS) is 12.2. The molecule has 1 amide bonds. The smallest absolute Gasteiger partial charge is 0.269 e. The fourth-order valence-electron chi connectivity index (χ4n) is 2.24. The summed E-state index contributed by atoms with van der Waals surface area (Å²) in [6, 6.07) is 11.7. The summed E-state index contributed by atoms with van der Waals surface area (Å²) in [5.41, 5.74) is 1.52. The highest BCUT2D eigenvalue weighted by atomic mass is 32.2. The molecule has 0 radical (unpaired) electrons. The molecule has 7 nitrogen and oxygen atoms in total. The van der Waals surface area contributed by atoms with Crippen LogP contribution in [0.2, 0.25) is 0 Å². The number of aryl methyl sites for hydroxylation is 1. The van der Waals surface area contributed by atoms with Crippen LogP contribution in [0.1, 0.15) is 18.1 Å². The monoisotopic (exact) mass is 360 g/mol. The second-order valence-corrected chi connectivity index (χ2v) is 7.22. The molecule has 0 heterocycles. The number of nitro benzene ring substituents is 1. The molecule has 0 saturated heterocycles. The van der Waals surface area contributed by atoms with Crippen LogP contribution >= 0.6 is 0 Å². The zero-order valence-corrected chi connectivity index (χ0v) is 14.4. The third-order valence-electron chi connectivity index (χ3n) is 3.64. The molecule has 0 aliphatic rings. The number of amides is 1. The van der Waals surface area contributed by atoms with E-state index in [-0.39, 0.29) is 27.6 Å². The molecule has 25 heavy (non-hydrogen) atoms. The van der Waals surface area contributed by atoms with Crippen LogP contribution in [0.3, 0.4) is 0 Å². The van der Waals surface area contributed by atoms with Crippen LogP contribution in [0.15, 0.2) is 58.5 Å². The van der Waals surface area contributed by atoms with Gasteiger partial charge in [0.2, 0.25) is 16.2 Å². The molecular weight excluding hydrogens is 344 g/mol. The van der Waals surface area contributed by atoms with Crippen molar-refractivity contribution in [1.82, 2.24) is 5.32 Å². The van der Waals surface area contributed by atoms with Gasteiger partial charge in [-0.1, -0.05) is 17.7 Å². The predicted molar refractivity (Wildman–Crippen MR) is 93.3 cm³/mol. The van der Waals surface area contributed by atoms with Crippen molar-refractivity contribution >= 4 is 27.5 Å². The van der Waals surface area contributed by atoms with Crippen LogP contribution in [0, 0.1) is 17.0 Å². The highest BCUT2D eigenvalue weighted by molar-refractivity contribution is 7.95. The molecule has 0 bridgehead atoms. The van der Waals surface area contributed by atoms with Gasteiger partial charge < -0.3 is 5.32 Å². The van der Waals surface area contributed by atoms with Crippen molar-refractivity contribution in [3.05, 3.63) is 74.8 Å². The van der Waals surface area contributed by atoms with Gasteiger partial charge in [0.05, 0.1) is 9.82 Å². The fraction of sp³-hybridized carbons (Fsp3) is 0.118. The quantitative estimate of drug-likeness (QED) is 0.484. The number of non-ortho nitro benzene ring substituents is 1. The van der Waals surface area contributed by atoms with Crippen LogP contribution in [-0.2, 0) is 14.6 Å². The zero-order chi connectivity index (χ0) is 18.6. The van der Waals surface area contributed by atoms with E-state index >= 15 is 0 Å². The van der Waals surface area contributed by atoms with Crippen molar-refractivity contribution in [2.24, 2.45) is 0 Å². The molecule has 0 aliphatic heterocycles. The summed E-state index contributed by atoms with van der Waals surface area (Å²) >= 11 is 0. The summed E-state index contributed by atoms with van der Waals surface area (Å²) in [6.45, 7) is 3.36. The van der Waals surface area contributed by atoms with Gasteiger partial charge in [-0.25, -0.2) is 8.42 Å². The Morgan fingerprint density at radius 2 is 1.64 bits per heavy atom. The lowest BCUT2D eigenvalue weighted by atomic mass is 10.1. The molecule has 130 valence electrons. The van der Waals surface area contributed by atoms with Gasteiger partial charge in [-0.15, -0.1) is 0 Å². The van der Waals surface area contributed by atoms with E-state index in [9.17, 15) is 23.3 Å². The van der Waals surface area contributed by atoms with Gasteiger partial charge in [-0.05, 0) is 49.2 Å². The van der Waals surface area contributed by atoms with E-state index in [4.69, 9.17) is 0 Å². The van der Waals surface area contributed by atoms with Crippen LogP contribution < -0.4 is 5.32 Å². The van der Waals surface area contributed by atoms with Crippen molar-refractivity contribution in [3.8, 4) is 0 Å². The minimum absolute atomic E-state index is 0.0451. The van der Waals surface area contributed by atoms with E-state index in [2.05, 4.69) is 5.32 Å². The Labute approximate surface area is 145 Å². The highest BCUT2D eigenvalue weighted by Gasteiger charge is 2.23. The SMILES string of the molecule is C/C(=C(\NC=O)S(=O)(=O)c1ccc(C)cc1)c1ccc([N+](=O)[O-])cc1. The number of hydrogen-bond acceptors (Lipinski definition) is 5. The summed E-state index contributed by atoms with van der Waals surface area (Å²) in [5, 5.41) is 12.7. The number of hydrogen-bond donors (Lipinski definition) is 1. The molecular formula is C17H16N2O5S. The number of sulfone groups is 1. The van der Waals surface area contributed by atoms with E-state index in [1.165, 1.54) is 43.3 Å². The standard InChI is InChI=1S/C17H16N2O5S/c1-12-3-9-16(10-4-12)25(23,24)17(18-11-20)13(2)14-5-7-15(8-6-14)19(21)22/h3-11H,1-2H3,(H,18,20)/b17-13-. The summed E-state index contributed by atoms with van der Waals surface area (Å²) in [5.74, 6) is 0. The van der Waals surface area contributed by atoms with E-state index in [1.807, 2.05) is 6.92 Å². The predicted octanol–water partition coefficient (Wildman–Crippen LogP) is 2.81. The van der Waals surface area contributed by atoms with Gasteiger partial charge >= 0.3 is 0 Å². The third-order valence-corrected chi connectivity index (χ3v) is 5.50. The summed E-state index contributed by atoms with van der Waals surface area (Å²) in [4.78, 5) is 21.2. The first kappa shape index (κ1) is 18.3. The van der Waals surface area contributed by atoms with Gasteiger partial charge in [0, 0.05) is 12.1 Å². The Hall–Kier alpha value is -3.00. The molecule has 0 aliphatic carbocycles. The zero-order valence-electron chi connectivity index (χ0n) is 13.6. The molecule has 0 fully saturated rings. The lowest BCUT2D eigenvalue weighted by Crippen LogP contribution is -2.21. The lowest BCUT2D eigenvalue weighted by molar-refractivity contribution is -0.384. The maximum Gasteiger partial charge on any atom is 0.269 e. The number of nitro groups is 1. The van der Waals surface area contributed by atoms with Gasteiger partial charge in [0.1, 0.15) is 5.03 Å². The molecule has 0 spiro atoms. The van der Waals surface area contributed by atoms with Crippen molar-refractivity contribution in [2.75, 3.05) is 0 Å². The average molecular weight is 360 g/mol. The maximum atomic E-state index is 12.8. The van der Waals surface area contributed by atoms with Crippen LogP contribution in [0.4, 0.5) is 5.69 Å². The number of benzene rings is 2. The Morgan fingerprint density at radius 3 is 2.12 bits per heavy atom. The van der Waals surface area contributed by atoms with Crippen molar-refractivity contribution in [1.29, 1.82) is 0 Å². The number of carbonyl (C=O) groups excluding carboxylic acids is 1. The Balaban J connectivity index is 2.57. The maximum absolute atomic E-state index is 12.8. The number of allylic oxidation sites excluding steroid dienone is 1. The molecule has 1 N–H and O–H groups in total. The van der Waals surface area contributed by atoms with Gasteiger partial charge in [-0.3, -0.25) is 14.9 Å². The first-order valence-electron chi connectivity index (χ1n) is 7.25. The van der Waals surface area contributed by atoms with E-state index in [0.29, 0.717) is 5.56 Å².